The minimum absolute atomic E-state index is 0.0439. The summed E-state index contributed by atoms with van der Waals surface area (Å²) in [6.07, 6.45) is 1.62. The number of likely N-dealkylation sites (tertiary alicyclic amines) is 2. The van der Waals surface area contributed by atoms with Gasteiger partial charge in [-0.15, -0.1) is 0 Å². The van der Waals surface area contributed by atoms with Crippen LogP contribution in [-0.4, -0.2) is 110 Å². The first-order chi connectivity index (χ1) is 27.7. The lowest BCUT2D eigenvalue weighted by Gasteiger charge is -2.30. The van der Waals surface area contributed by atoms with E-state index in [2.05, 4.69) is 32.7 Å². The summed E-state index contributed by atoms with van der Waals surface area (Å²) in [6.45, 7) is 11.6. The van der Waals surface area contributed by atoms with E-state index in [1.165, 1.54) is 12.1 Å². The number of halogens is 1. The van der Waals surface area contributed by atoms with Gasteiger partial charge in [-0.1, -0.05) is 39.8 Å². The highest BCUT2D eigenvalue weighted by molar-refractivity contribution is 5.97. The summed E-state index contributed by atoms with van der Waals surface area (Å²) in [7, 11) is 1.72. The summed E-state index contributed by atoms with van der Waals surface area (Å²) in [5.41, 5.74) is 5.74. The van der Waals surface area contributed by atoms with Gasteiger partial charge in [-0.05, 0) is 107 Å². The fourth-order valence-electron chi connectivity index (χ4n) is 8.89. The van der Waals surface area contributed by atoms with Gasteiger partial charge in [0.1, 0.15) is 17.6 Å². The van der Waals surface area contributed by atoms with Crippen molar-refractivity contribution in [1.82, 2.24) is 30.4 Å². The molecule has 6 N–H and O–H groups in total. The number of amides is 3. The molecular formula is C45H61FN6O6. The first kappa shape index (κ1) is 43.0. The van der Waals surface area contributed by atoms with E-state index < -0.39 is 30.0 Å². The lowest BCUT2D eigenvalue weighted by atomic mass is 9.93. The van der Waals surface area contributed by atoms with E-state index in [9.17, 15) is 33.8 Å². The molecule has 0 aliphatic carbocycles. The van der Waals surface area contributed by atoms with Crippen molar-refractivity contribution in [3.05, 3.63) is 58.9 Å². The molecule has 2 aliphatic heterocycles. The minimum atomic E-state index is -0.740. The van der Waals surface area contributed by atoms with Crippen LogP contribution in [0.25, 0.3) is 33.2 Å². The largest absolute Gasteiger partial charge is 0.391 e. The first-order valence-electron chi connectivity index (χ1n) is 21.1. The molecule has 314 valence electrons. The Labute approximate surface area is 340 Å². The third-order valence-corrected chi connectivity index (χ3v) is 12.7. The molecule has 2 aromatic heterocycles. The maximum Gasteiger partial charge on any atom is 0.245 e. The van der Waals surface area contributed by atoms with Crippen LogP contribution in [-0.2, 0) is 32.0 Å². The summed E-state index contributed by atoms with van der Waals surface area (Å²) < 4.78 is 14.8. The van der Waals surface area contributed by atoms with Crippen molar-refractivity contribution >= 4 is 45.3 Å². The molecule has 12 nitrogen and oxygen atoms in total. The Morgan fingerprint density at radius 2 is 1.36 bits per heavy atom. The Morgan fingerprint density at radius 1 is 0.810 bits per heavy atom. The molecule has 58 heavy (non-hydrogen) atoms. The smallest absolute Gasteiger partial charge is 0.245 e. The summed E-state index contributed by atoms with van der Waals surface area (Å²) >= 11 is 0. The van der Waals surface area contributed by atoms with Crippen LogP contribution in [0.15, 0.2) is 36.4 Å². The SMILES string of the molecule is CC[C@H](CC(=O)[C@H](C)NC)C(=O)N1C[C@@H](O)C[C@H]1Cc1c(-c2[nH]c3cc(C)ccc3c2C[C@@H]2C[C@H](O)CN2C(=O)[C@H](CC)NC(=O)[C@H](C)CC)[nH]c2cc(F)ccc12. The molecule has 3 amide bonds. The van der Waals surface area contributed by atoms with E-state index in [1.54, 1.807) is 29.8 Å². The number of benzene rings is 2. The standard InChI is InChI=1S/C45H61FN6O6/c1-8-25(5)43(56)50-37(10-3)45(58)52-23-32(54)19-30(52)21-35-33-13-11-24(4)15-38(33)48-41(35)42-36(34-14-12-28(46)17-39(34)49-42)20-29-18-31(53)22-51(29)44(57)27(9-2)16-40(55)26(6)47-7/h11-15,17,25-27,29-32,37,47-49,53-54H,8-10,16,18-23H2,1-7H3,(H,50,56)/t25-,26+,27-,29+,30+,31+,32+,37+/m1/s1. The summed E-state index contributed by atoms with van der Waals surface area (Å²) in [6, 6.07) is 8.88. The minimum Gasteiger partial charge on any atom is -0.391 e. The quantitative estimate of drug-likeness (QED) is 0.0893. The Bertz CT molecular complexity index is 2000. The van der Waals surface area contributed by atoms with E-state index in [4.69, 9.17) is 0 Å². The fraction of sp³-hybridized carbons (Fsp3) is 0.556. The number of carbonyl (C=O) groups is 4. The van der Waals surface area contributed by atoms with Crippen LogP contribution < -0.4 is 10.6 Å². The topological polar surface area (TPSA) is 171 Å². The number of hydrogen-bond donors (Lipinski definition) is 6. The second kappa shape index (κ2) is 18.1. The number of β-amino-alcohol motifs (C(OH)–C–C–N with tert-alkyl or cyclic N) is 2. The molecule has 0 radical (unpaired) electrons. The van der Waals surface area contributed by atoms with Crippen molar-refractivity contribution in [2.45, 2.75) is 129 Å². The summed E-state index contributed by atoms with van der Waals surface area (Å²) in [4.78, 5) is 64.7. The molecule has 0 bridgehead atoms. The lowest BCUT2D eigenvalue weighted by molar-refractivity contribution is -0.139. The number of H-pyrrole nitrogens is 2. The van der Waals surface area contributed by atoms with E-state index in [0.29, 0.717) is 56.2 Å². The summed E-state index contributed by atoms with van der Waals surface area (Å²) in [5, 5.41) is 29.6. The van der Waals surface area contributed by atoms with Crippen LogP contribution in [0.2, 0.25) is 0 Å². The molecule has 0 spiro atoms. The maximum atomic E-state index is 14.8. The molecule has 2 aliphatic rings. The molecule has 8 atom stereocenters. The number of aromatic amines is 2. The number of nitrogens with one attached hydrogen (secondary N) is 4. The van der Waals surface area contributed by atoms with Crippen molar-refractivity contribution in [3.8, 4) is 11.4 Å². The van der Waals surface area contributed by atoms with Gasteiger partial charge in [0.05, 0.1) is 29.6 Å². The van der Waals surface area contributed by atoms with Crippen LogP contribution in [0.3, 0.4) is 0 Å². The van der Waals surface area contributed by atoms with Gasteiger partial charge in [0, 0.05) is 65.2 Å². The van der Waals surface area contributed by atoms with Crippen LogP contribution in [0, 0.1) is 24.6 Å². The van der Waals surface area contributed by atoms with E-state index in [-0.39, 0.29) is 67.1 Å². The van der Waals surface area contributed by atoms with Gasteiger partial charge in [-0.2, -0.15) is 0 Å². The van der Waals surface area contributed by atoms with Gasteiger partial charge >= 0.3 is 0 Å². The van der Waals surface area contributed by atoms with E-state index in [0.717, 1.165) is 38.7 Å². The number of aromatic nitrogens is 2. The summed E-state index contributed by atoms with van der Waals surface area (Å²) in [5.74, 6) is -1.77. The zero-order valence-electron chi connectivity index (χ0n) is 35.0. The third kappa shape index (κ3) is 8.86. The number of Topliss-reactive ketones (excluding diaryl/α,β-unsaturated/α-hetero) is 1. The zero-order chi connectivity index (χ0) is 42.0. The van der Waals surface area contributed by atoms with Crippen LogP contribution in [0.4, 0.5) is 4.39 Å². The van der Waals surface area contributed by atoms with E-state index >= 15 is 0 Å². The van der Waals surface area contributed by atoms with Crippen LogP contribution in [0.1, 0.15) is 89.8 Å². The van der Waals surface area contributed by atoms with Gasteiger partial charge in [0.15, 0.2) is 0 Å². The van der Waals surface area contributed by atoms with Crippen molar-refractivity contribution in [2.75, 3.05) is 20.1 Å². The number of rotatable bonds is 16. The third-order valence-electron chi connectivity index (χ3n) is 12.7. The number of carbonyl (C=O) groups excluding carboxylic acids is 4. The Balaban J connectivity index is 1.40. The highest BCUT2D eigenvalue weighted by atomic mass is 19.1. The number of nitrogens with zero attached hydrogens (tertiary/aromatic N) is 2. The van der Waals surface area contributed by atoms with Crippen LogP contribution >= 0.6 is 0 Å². The molecule has 0 saturated carbocycles. The van der Waals surface area contributed by atoms with Gasteiger partial charge in [-0.3, -0.25) is 19.2 Å². The van der Waals surface area contributed by atoms with E-state index in [1.807, 2.05) is 40.7 Å². The number of likely N-dealkylation sites (N-methyl/N-ethyl adjacent to an activating group) is 1. The van der Waals surface area contributed by atoms with Crippen LogP contribution in [0.5, 0.6) is 0 Å². The molecule has 2 aromatic carbocycles. The average molecular weight is 801 g/mol. The molecular weight excluding hydrogens is 740 g/mol. The molecule has 13 heteroatoms. The number of fused-ring (bicyclic) bond motifs is 2. The van der Waals surface area contributed by atoms with Crippen molar-refractivity contribution < 1.29 is 33.8 Å². The monoisotopic (exact) mass is 800 g/mol. The molecule has 4 aromatic rings. The van der Waals surface area contributed by atoms with Crippen molar-refractivity contribution in [3.63, 3.8) is 0 Å². The Hall–Kier alpha value is -4.59. The predicted octanol–water partition coefficient (Wildman–Crippen LogP) is 5.31. The number of ketones is 1. The molecule has 0 unspecified atom stereocenters. The zero-order valence-corrected chi connectivity index (χ0v) is 35.0. The predicted molar refractivity (Wildman–Crippen MR) is 224 cm³/mol. The second-order valence-corrected chi connectivity index (χ2v) is 16.7. The molecule has 2 fully saturated rings. The second-order valence-electron chi connectivity index (χ2n) is 16.7. The van der Waals surface area contributed by atoms with Gasteiger partial charge in [0.2, 0.25) is 17.7 Å². The highest BCUT2D eigenvalue weighted by Crippen LogP contribution is 2.40. The molecule has 2 saturated heterocycles. The Morgan fingerprint density at radius 3 is 1.90 bits per heavy atom. The Kier molecular flexibility index (Phi) is 13.4. The number of aliphatic hydroxyl groups is 2. The number of aryl methyl sites for hydroxylation is 1. The average Bonchev–Trinajstić information content (AvgIpc) is 3.96. The van der Waals surface area contributed by atoms with Gasteiger partial charge in [-0.25, -0.2) is 4.39 Å². The van der Waals surface area contributed by atoms with Crippen molar-refractivity contribution in [1.29, 1.82) is 0 Å². The number of hydrogen-bond acceptors (Lipinski definition) is 7. The highest BCUT2D eigenvalue weighted by Gasteiger charge is 2.41. The first-order valence-corrected chi connectivity index (χ1v) is 21.1. The van der Waals surface area contributed by atoms with Crippen molar-refractivity contribution in [2.24, 2.45) is 11.8 Å². The molecule has 4 heterocycles. The number of aliphatic hydroxyl groups excluding tert-OH is 2. The fourth-order valence-corrected chi connectivity index (χ4v) is 8.89. The lowest BCUT2D eigenvalue weighted by Crippen LogP contribution is -2.51. The van der Waals surface area contributed by atoms with Gasteiger partial charge < -0.3 is 40.6 Å². The molecule has 6 rings (SSSR count). The van der Waals surface area contributed by atoms with Gasteiger partial charge in [0.25, 0.3) is 0 Å². The normalized spacial score (nSPS) is 21.8. The maximum absolute atomic E-state index is 14.8.